The van der Waals surface area contributed by atoms with E-state index in [9.17, 15) is 14.8 Å². The van der Waals surface area contributed by atoms with Gasteiger partial charge in [-0.05, 0) is 41.9 Å². The summed E-state index contributed by atoms with van der Waals surface area (Å²) < 4.78 is 0. The number of nitrogens with zero attached hydrogens (tertiary/aromatic N) is 1. The third-order valence-electron chi connectivity index (χ3n) is 6.27. The molecule has 29 heavy (non-hydrogen) atoms. The number of anilines is 1. The zero-order valence-corrected chi connectivity index (χ0v) is 16.6. The summed E-state index contributed by atoms with van der Waals surface area (Å²) in [5.74, 6) is 0.544. The third kappa shape index (κ3) is 4.17. The minimum absolute atomic E-state index is 0.120. The molecule has 2 aromatic rings. The van der Waals surface area contributed by atoms with Gasteiger partial charge in [0.05, 0.1) is 5.92 Å². The second-order valence-electron chi connectivity index (χ2n) is 8.09. The lowest BCUT2D eigenvalue weighted by molar-refractivity contribution is -0.136. The number of amides is 1. The van der Waals surface area contributed by atoms with Crippen LogP contribution in [0.4, 0.5) is 5.69 Å². The van der Waals surface area contributed by atoms with Crippen LogP contribution >= 0.6 is 0 Å². The largest absolute Gasteiger partial charge is 0.490 e. The van der Waals surface area contributed by atoms with E-state index in [0.717, 1.165) is 42.7 Å². The van der Waals surface area contributed by atoms with Gasteiger partial charge in [-0.2, -0.15) is 0 Å². The van der Waals surface area contributed by atoms with Gasteiger partial charge in [-0.25, -0.2) is 0 Å². The standard InChI is InChI=1S/C22H28BN3O3/c24-13-15-3-1-4-17(11-15)16-7-9-26(10-8-16)22(27)19-12-18-5-2-6-20(23(28)29)21(18)25-14-19/h1-6,11,16,19,25,28-29H,7-10,12-14,24H2. The maximum Gasteiger partial charge on any atom is 0.490 e. The maximum absolute atomic E-state index is 13.1. The molecule has 152 valence electrons. The lowest BCUT2D eigenvalue weighted by Gasteiger charge is -2.36. The van der Waals surface area contributed by atoms with Crippen LogP contribution in [-0.4, -0.2) is 47.6 Å². The zero-order valence-electron chi connectivity index (χ0n) is 16.6. The Morgan fingerprint density at radius 3 is 2.66 bits per heavy atom. The fraction of sp³-hybridized carbons (Fsp3) is 0.409. The summed E-state index contributed by atoms with van der Waals surface area (Å²) in [5, 5.41) is 22.3. The maximum atomic E-state index is 13.1. The van der Waals surface area contributed by atoms with Crippen molar-refractivity contribution in [2.75, 3.05) is 25.0 Å². The molecule has 2 heterocycles. The van der Waals surface area contributed by atoms with Crippen LogP contribution in [0.15, 0.2) is 42.5 Å². The van der Waals surface area contributed by atoms with E-state index in [4.69, 9.17) is 5.73 Å². The first-order valence-corrected chi connectivity index (χ1v) is 10.4. The fourth-order valence-electron chi connectivity index (χ4n) is 4.62. The summed E-state index contributed by atoms with van der Waals surface area (Å²) in [6.07, 6.45) is 2.56. The Bertz CT molecular complexity index is 881. The number of nitrogens with two attached hydrogens (primary N) is 1. The summed E-state index contributed by atoms with van der Waals surface area (Å²) in [4.78, 5) is 15.1. The molecule has 0 spiro atoms. The number of rotatable bonds is 4. The molecule has 6 nitrogen and oxygen atoms in total. The second-order valence-corrected chi connectivity index (χ2v) is 8.09. The molecule has 5 N–H and O–H groups in total. The number of fused-ring (bicyclic) bond motifs is 1. The van der Waals surface area contributed by atoms with Gasteiger partial charge in [0.15, 0.2) is 0 Å². The Kier molecular flexibility index (Phi) is 5.90. The highest BCUT2D eigenvalue weighted by Crippen LogP contribution is 2.30. The molecule has 1 amide bonds. The van der Waals surface area contributed by atoms with Crippen molar-refractivity contribution in [3.8, 4) is 0 Å². The lowest BCUT2D eigenvalue weighted by atomic mass is 9.76. The van der Waals surface area contributed by atoms with Crippen LogP contribution in [0.2, 0.25) is 0 Å². The van der Waals surface area contributed by atoms with E-state index < -0.39 is 7.12 Å². The van der Waals surface area contributed by atoms with Crippen molar-refractivity contribution in [2.24, 2.45) is 11.7 Å². The van der Waals surface area contributed by atoms with E-state index in [0.29, 0.717) is 30.9 Å². The molecule has 7 heteroatoms. The van der Waals surface area contributed by atoms with Gasteiger partial charge in [-0.1, -0.05) is 42.5 Å². The summed E-state index contributed by atoms with van der Waals surface area (Å²) in [6, 6.07) is 13.9. The molecule has 0 aliphatic carbocycles. The highest BCUT2D eigenvalue weighted by atomic mass is 16.4. The highest BCUT2D eigenvalue weighted by Gasteiger charge is 2.32. The van der Waals surface area contributed by atoms with Crippen LogP contribution in [0.3, 0.4) is 0 Å². The van der Waals surface area contributed by atoms with Crippen molar-refractivity contribution in [3.05, 3.63) is 59.2 Å². The van der Waals surface area contributed by atoms with E-state index in [1.54, 1.807) is 6.07 Å². The predicted molar refractivity (Wildman–Crippen MR) is 115 cm³/mol. The molecule has 1 atom stereocenters. The van der Waals surface area contributed by atoms with Gasteiger partial charge < -0.3 is 26.0 Å². The smallest absolute Gasteiger partial charge is 0.423 e. The van der Waals surface area contributed by atoms with Crippen molar-refractivity contribution in [1.29, 1.82) is 0 Å². The Labute approximate surface area is 171 Å². The van der Waals surface area contributed by atoms with E-state index in [1.165, 1.54) is 5.56 Å². The first kappa shape index (κ1) is 19.9. The number of carbonyl (C=O) groups is 1. The van der Waals surface area contributed by atoms with Crippen molar-refractivity contribution >= 4 is 24.2 Å². The van der Waals surface area contributed by atoms with Gasteiger partial charge in [0.2, 0.25) is 5.91 Å². The Balaban J connectivity index is 1.38. The normalized spacial score (nSPS) is 19.4. The van der Waals surface area contributed by atoms with Crippen LogP contribution < -0.4 is 16.5 Å². The molecule has 2 aliphatic rings. The van der Waals surface area contributed by atoms with Gasteiger partial charge in [0.1, 0.15) is 0 Å². The molecule has 1 unspecified atom stereocenters. The number of likely N-dealkylation sites (tertiary alicyclic amines) is 1. The minimum atomic E-state index is -1.51. The van der Waals surface area contributed by atoms with Crippen LogP contribution in [0.25, 0.3) is 0 Å². The number of benzene rings is 2. The summed E-state index contributed by atoms with van der Waals surface area (Å²) in [5.41, 5.74) is 10.4. The zero-order chi connectivity index (χ0) is 20.4. The van der Waals surface area contributed by atoms with Crippen LogP contribution in [0, 0.1) is 5.92 Å². The number of carbonyl (C=O) groups excluding carboxylic acids is 1. The molecule has 1 fully saturated rings. The minimum Gasteiger partial charge on any atom is -0.423 e. The van der Waals surface area contributed by atoms with Gasteiger partial charge >= 0.3 is 7.12 Å². The molecular formula is C22H28BN3O3. The molecule has 0 aromatic heterocycles. The molecule has 2 aromatic carbocycles. The fourth-order valence-corrected chi connectivity index (χ4v) is 4.62. The van der Waals surface area contributed by atoms with Crippen molar-refractivity contribution in [3.63, 3.8) is 0 Å². The van der Waals surface area contributed by atoms with E-state index in [2.05, 4.69) is 29.6 Å². The molecule has 0 radical (unpaired) electrons. The van der Waals surface area contributed by atoms with Gasteiger partial charge in [-0.15, -0.1) is 0 Å². The number of hydrogen-bond acceptors (Lipinski definition) is 5. The molecular weight excluding hydrogens is 365 g/mol. The predicted octanol–water partition coefficient (Wildman–Crippen LogP) is 0.816. The van der Waals surface area contributed by atoms with Crippen molar-refractivity contribution < 1.29 is 14.8 Å². The first-order chi connectivity index (χ1) is 14.1. The summed E-state index contributed by atoms with van der Waals surface area (Å²) in [7, 11) is -1.51. The topological polar surface area (TPSA) is 98.8 Å². The van der Waals surface area contributed by atoms with Crippen molar-refractivity contribution in [1.82, 2.24) is 4.90 Å². The average Bonchev–Trinajstić information content (AvgIpc) is 2.77. The monoisotopic (exact) mass is 393 g/mol. The van der Waals surface area contributed by atoms with Crippen LogP contribution in [0.5, 0.6) is 0 Å². The molecule has 1 saturated heterocycles. The Morgan fingerprint density at radius 1 is 1.17 bits per heavy atom. The first-order valence-electron chi connectivity index (χ1n) is 10.4. The van der Waals surface area contributed by atoms with Gasteiger partial charge in [0.25, 0.3) is 0 Å². The summed E-state index contributed by atoms with van der Waals surface area (Å²) >= 11 is 0. The molecule has 0 saturated carbocycles. The number of piperidine rings is 1. The number of para-hydroxylation sites is 1. The second kappa shape index (κ2) is 8.57. The van der Waals surface area contributed by atoms with Crippen LogP contribution in [-0.2, 0) is 17.8 Å². The highest BCUT2D eigenvalue weighted by molar-refractivity contribution is 6.60. The quantitative estimate of drug-likeness (QED) is 0.577. The lowest BCUT2D eigenvalue weighted by Crippen LogP contribution is -2.46. The number of hydrogen-bond donors (Lipinski definition) is 4. The van der Waals surface area contributed by atoms with Crippen molar-refractivity contribution in [2.45, 2.75) is 31.7 Å². The summed E-state index contributed by atoms with van der Waals surface area (Å²) in [6.45, 7) is 2.62. The average molecular weight is 393 g/mol. The van der Waals surface area contributed by atoms with Gasteiger partial charge in [-0.3, -0.25) is 4.79 Å². The van der Waals surface area contributed by atoms with E-state index >= 15 is 0 Å². The Morgan fingerprint density at radius 2 is 1.93 bits per heavy atom. The molecule has 2 aliphatic heterocycles. The van der Waals surface area contributed by atoms with E-state index in [1.807, 2.05) is 17.0 Å². The van der Waals surface area contributed by atoms with Gasteiger partial charge in [0, 0.05) is 37.3 Å². The third-order valence-corrected chi connectivity index (χ3v) is 6.27. The van der Waals surface area contributed by atoms with Crippen LogP contribution in [0.1, 0.15) is 35.4 Å². The molecule has 4 rings (SSSR count). The number of nitrogens with one attached hydrogen (secondary N) is 1. The molecule has 0 bridgehead atoms. The SMILES string of the molecule is NCc1cccc(C2CCN(C(=O)C3CNc4c(cccc4B(O)O)C3)CC2)c1. The Hall–Kier alpha value is -2.35. The van der Waals surface area contributed by atoms with E-state index in [-0.39, 0.29) is 11.8 Å².